The van der Waals surface area contributed by atoms with Crippen LogP contribution in [0.4, 0.5) is 5.69 Å². The van der Waals surface area contributed by atoms with Crippen molar-refractivity contribution in [3.63, 3.8) is 0 Å². The number of hydrogen-bond donors (Lipinski definition) is 2. The Hall–Kier alpha value is -4.01. The molecule has 0 saturated heterocycles. The lowest BCUT2D eigenvalue weighted by atomic mass is 9.90. The zero-order valence-corrected chi connectivity index (χ0v) is 25.3. The number of nitrogens with zero attached hydrogens (tertiary/aromatic N) is 2. The van der Waals surface area contributed by atoms with Gasteiger partial charge in [-0.2, -0.15) is 0 Å². The number of aromatic nitrogens is 1. The van der Waals surface area contributed by atoms with Crippen LogP contribution in [0.25, 0.3) is 11.3 Å². The van der Waals surface area contributed by atoms with Crippen LogP contribution in [-0.2, 0) is 16.2 Å². The van der Waals surface area contributed by atoms with Gasteiger partial charge in [-0.25, -0.2) is 4.98 Å². The highest BCUT2D eigenvalue weighted by Crippen LogP contribution is 2.30. The number of para-hydroxylation sites is 1. The molecule has 4 aromatic rings. The van der Waals surface area contributed by atoms with Crippen molar-refractivity contribution < 1.29 is 19.4 Å². The van der Waals surface area contributed by atoms with Crippen LogP contribution in [0.5, 0.6) is 5.75 Å². The Morgan fingerprint density at radius 2 is 1.62 bits per heavy atom. The molecule has 0 bridgehead atoms. The number of rotatable bonds is 15. The summed E-state index contributed by atoms with van der Waals surface area (Å²) < 4.78 is 6.05. The number of hydrogen-bond acceptors (Lipinski definition) is 6. The van der Waals surface area contributed by atoms with E-state index in [2.05, 4.69) is 43.4 Å². The van der Waals surface area contributed by atoms with E-state index in [1.54, 1.807) is 19.2 Å². The highest BCUT2D eigenvalue weighted by molar-refractivity contribution is 7.10. The van der Waals surface area contributed by atoms with Crippen LogP contribution in [0, 0.1) is 0 Å². The third kappa shape index (κ3) is 8.50. The van der Waals surface area contributed by atoms with Crippen molar-refractivity contribution in [3.8, 4) is 17.0 Å². The van der Waals surface area contributed by atoms with Crippen molar-refractivity contribution in [3.05, 3.63) is 100 Å². The molecule has 1 aromatic heterocycles. The second kappa shape index (κ2) is 15.3. The van der Waals surface area contributed by atoms with Crippen LogP contribution in [0.15, 0.2) is 84.2 Å². The summed E-state index contributed by atoms with van der Waals surface area (Å²) in [6, 6.07) is 24.7. The highest BCUT2D eigenvalue weighted by atomic mass is 32.1. The minimum Gasteiger partial charge on any atom is -0.489 e. The Balaban J connectivity index is 1.41. The number of likely N-dealkylation sites (N-methyl/N-ethyl adjacent to an activating group) is 1. The van der Waals surface area contributed by atoms with Crippen LogP contribution < -0.4 is 10.1 Å². The molecule has 1 heterocycles. The first-order valence-electron chi connectivity index (χ1n) is 14.4. The van der Waals surface area contributed by atoms with Gasteiger partial charge in [-0.05, 0) is 61.2 Å². The number of carboxylic acids is 1. The standard InChI is InChI=1S/C34H39N3O4S/c1-4-9-25(10-5-2)26-17-19-29(20-18-26)41-22-24-13-15-27(16-14-24)30-23-42-34(36-30)32(37(3)21-31(38)39)33(40)35-28-11-7-6-8-12-28/h6-8,11-20,23,25,32H,4-5,9-10,21-22H2,1-3H3,(H,35,40)(H,38,39). The lowest BCUT2D eigenvalue weighted by Crippen LogP contribution is -2.37. The first-order valence-corrected chi connectivity index (χ1v) is 15.3. The second-order valence-electron chi connectivity index (χ2n) is 10.5. The molecule has 1 unspecified atom stereocenters. The van der Waals surface area contributed by atoms with Crippen LogP contribution >= 0.6 is 11.3 Å². The first-order chi connectivity index (χ1) is 20.4. The minimum atomic E-state index is -1.02. The fourth-order valence-electron chi connectivity index (χ4n) is 5.03. The van der Waals surface area contributed by atoms with E-state index in [1.807, 2.05) is 47.8 Å². The lowest BCUT2D eigenvalue weighted by Gasteiger charge is -2.24. The molecule has 2 N–H and O–H groups in total. The molecule has 1 atom stereocenters. The van der Waals surface area contributed by atoms with E-state index >= 15 is 0 Å². The van der Waals surface area contributed by atoms with Gasteiger partial charge in [0, 0.05) is 16.6 Å². The van der Waals surface area contributed by atoms with Crippen molar-refractivity contribution in [2.45, 2.75) is 58.1 Å². The third-order valence-corrected chi connectivity index (χ3v) is 8.05. The molecule has 0 aliphatic rings. The third-order valence-electron chi connectivity index (χ3n) is 7.15. The van der Waals surface area contributed by atoms with E-state index in [0.29, 0.717) is 23.2 Å². The fraction of sp³-hybridized carbons (Fsp3) is 0.324. The maximum atomic E-state index is 13.2. The summed E-state index contributed by atoms with van der Waals surface area (Å²) in [6.07, 6.45) is 4.79. The zero-order chi connectivity index (χ0) is 29.9. The Labute approximate surface area is 252 Å². The minimum absolute atomic E-state index is 0.294. The first kappa shape index (κ1) is 30.9. The highest BCUT2D eigenvalue weighted by Gasteiger charge is 2.29. The molecular formula is C34H39N3O4S. The van der Waals surface area contributed by atoms with E-state index in [9.17, 15) is 14.7 Å². The molecule has 8 heteroatoms. The van der Waals surface area contributed by atoms with Gasteiger partial charge in [0.1, 0.15) is 23.4 Å². The molecule has 7 nitrogen and oxygen atoms in total. The predicted molar refractivity (Wildman–Crippen MR) is 169 cm³/mol. The molecule has 220 valence electrons. The molecule has 0 spiro atoms. The zero-order valence-electron chi connectivity index (χ0n) is 24.5. The quantitative estimate of drug-likeness (QED) is 0.148. The van der Waals surface area contributed by atoms with Gasteiger partial charge < -0.3 is 15.2 Å². The number of amides is 1. The number of aliphatic carboxylic acids is 1. The van der Waals surface area contributed by atoms with Gasteiger partial charge in [-0.3, -0.25) is 14.5 Å². The summed E-state index contributed by atoms with van der Waals surface area (Å²) in [5.74, 6) is 0.110. The van der Waals surface area contributed by atoms with Crippen molar-refractivity contribution >= 4 is 28.9 Å². The maximum Gasteiger partial charge on any atom is 0.317 e. The van der Waals surface area contributed by atoms with Gasteiger partial charge in [-0.15, -0.1) is 11.3 Å². The number of carboxylic acid groups (broad SMARTS) is 1. The Morgan fingerprint density at radius 3 is 2.24 bits per heavy atom. The molecular weight excluding hydrogens is 546 g/mol. The molecule has 0 aliphatic carbocycles. The average Bonchev–Trinajstić information content (AvgIpc) is 3.46. The summed E-state index contributed by atoms with van der Waals surface area (Å²) in [4.78, 5) is 30.9. The largest absolute Gasteiger partial charge is 0.489 e. The molecule has 3 aromatic carbocycles. The van der Waals surface area contributed by atoms with E-state index in [1.165, 1.54) is 47.5 Å². The molecule has 0 aliphatic heterocycles. The van der Waals surface area contributed by atoms with Crippen molar-refractivity contribution in [1.82, 2.24) is 9.88 Å². The van der Waals surface area contributed by atoms with Gasteiger partial charge in [0.2, 0.25) is 5.91 Å². The smallest absolute Gasteiger partial charge is 0.317 e. The van der Waals surface area contributed by atoms with Crippen LogP contribution in [0.2, 0.25) is 0 Å². The van der Waals surface area contributed by atoms with Crippen molar-refractivity contribution in [1.29, 1.82) is 0 Å². The number of ether oxygens (including phenoxy) is 1. The average molecular weight is 586 g/mol. The summed E-state index contributed by atoms with van der Waals surface area (Å²) in [7, 11) is 1.61. The van der Waals surface area contributed by atoms with E-state index in [4.69, 9.17) is 9.72 Å². The topological polar surface area (TPSA) is 91.8 Å². The lowest BCUT2D eigenvalue weighted by molar-refractivity contribution is -0.139. The van der Waals surface area contributed by atoms with Crippen LogP contribution in [0.3, 0.4) is 0 Å². The summed E-state index contributed by atoms with van der Waals surface area (Å²) in [5.41, 5.74) is 4.69. The van der Waals surface area contributed by atoms with E-state index in [0.717, 1.165) is 22.6 Å². The van der Waals surface area contributed by atoms with Crippen LogP contribution in [0.1, 0.15) is 67.6 Å². The SMILES string of the molecule is CCCC(CCC)c1ccc(OCc2ccc(-c3csc(C(C(=O)Nc4ccccc4)N(C)CC(=O)O)n3)cc2)cc1. The molecule has 0 fully saturated rings. The molecule has 0 radical (unpaired) electrons. The number of carbonyl (C=O) groups is 2. The van der Waals surface area contributed by atoms with Gasteiger partial charge >= 0.3 is 5.97 Å². The Morgan fingerprint density at radius 1 is 0.952 bits per heavy atom. The molecule has 42 heavy (non-hydrogen) atoms. The second-order valence-corrected chi connectivity index (χ2v) is 11.4. The van der Waals surface area contributed by atoms with Gasteiger partial charge in [0.15, 0.2) is 0 Å². The molecule has 1 amide bonds. The predicted octanol–water partition coefficient (Wildman–Crippen LogP) is 7.77. The number of carbonyl (C=O) groups excluding carboxylic acids is 1. The molecule has 0 saturated carbocycles. The normalized spacial score (nSPS) is 11.9. The van der Waals surface area contributed by atoms with Gasteiger partial charge in [0.25, 0.3) is 0 Å². The van der Waals surface area contributed by atoms with Gasteiger partial charge in [-0.1, -0.05) is 81.3 Å². The van der Waals surface area contributed by atoms with E-state index in [-0.39, 0.29) is 12.5 Å². The number of anilines is 1. The number of nitrogens with one attached hydrogen (secondary N) is 1. The van der Waals surface area contributed by atoms with Crippen LogP contribution in [-0.4, -0.2) is 40.5 Å². The van der Waals surface area contributed by atoms with E-state index < -0.39 is 12.0 Å². The van der Waals surface area contributed by atoms with Crippen molar-refractivity contribution in [2.24, 2.45) is 0 Å². The van der Waals surface area contributed by atoms with Gasteiger partial charge in [0.05, 0.1) is 12.2 Å². The Kier molecular flexibility index (Phi) is 11.3. The summed E-state index contributed by atoms with van der Waals surface area (Å²) in [6.45, 7) is 4.64. The summed E-state index contributed by atoms with van der Waals surface area (Å²) >= 11 is 1.34. The fourth-order valence-corrected chi connectivity index (χ4v) is 6.02. The van der Waals surface area contributed by atoms with Crippen molar-refractivity contribution in [2.75, 3.05) is 18.9 Å². The monoisotopic (exact) mass is 585 g/mol. The maximum absolute atomic E-state index is 13.2. The number of benzene rings is 3. The number of thiazole rings is 1. The summed E-state index contributed by atoms with van der Waals surface area (Å²) in [5, 5.41) is 14.6. The Bertz CT molecular complexity index is 1420. The molecule has 4 rings (SSSR count).